The lowest BCUT2D eigenvalue weighted by molar-refractivity contribution is -0.133. The lowest BCUT2D eigenvalue weighted by Crippen LogP contribution is -2.53. The van der Waals surface area contributed by atoms with Crippen LogP contribution in [0.1, 0.15) is 50.0 Å². The molecule has 3 aliphatic rings. The highest BCUT2D eigenvalue weighted by molar-refractivity contribution is 5.85. The highest BCUT2D eigenvalue weighted by Gasteiger charge is 2.29. The molecule has 1 unspecified atom stereocenters. The molecule has 0 spiro atoms. The fraction of sp³-hybridized carbons (Fsp3) is 0.483. The van der Waals surface area contributed by atoms with Gasteiger partial charge in [-0.3, -0.25) is 4.79 Å². The standard InChI is InChI=1S/C29H36N6O2/c1-37-25-13-8-21-19-31-29(33-27(21)26(25)20-5-2-3-6-20)32-22-9-11-23(12-10-22)34-15-17-35(18-16-34)28(36)24-7-4-14-30-24/h8-13,19-20,24,30H,2-7,14-18H2,1H3,(H,31,32,33). The largest absolute Gasteiger partial charge is 0.496 e. The fourth-order valence-corrected chi connectivity index (χ4v) is 6.13. The SMILES string of the molecule is COc1ccc2cnc(Nc3ccc(N4CCN(C(=O)C5CCCN5)CC4)cc3)nc2c1C1CCCC1. The van der Waals surface area contributed by atoms with Crippen LogP contribution in [0.4, 0.5) is 17.3 Å². The molecular formula is C29H36N6O2. The third-order valence-electron chi connectivity index (χ3n) is 8.17. The number of rotatable bonds is 6. The van der Waals surface area contributed by atoms with Crippen LogP contribution in [0.25, 0.3) is 10.9 Å². The van der Waals surface area contributed by atoms with Gasteiger partial charge in [-0.25, -0.2) is 9.97 Å². The van der Waals surface area contributed by atoms with Crippen LogP contribution >= 0.6 is 0 Å². The maximum Gasteiger partial charge on any atom is 0.239 e. The van der Waals surface area contributed by atoms with Gasteiger partial charge in [0.25, 0.3) is 0 Å². The van der Waals surface area contributed by atoms with Crippen molar-refractivity contribution in [2.45, 2.75) is 50.5 Å². The Morgan fingerprint density at radius 3 is 2.49 bits per heavy atom. The Morgan fingerprint density at radius 1 is 1.00 bits per heavy atom. The lowest BCUT2D eigenvalue weighted by atomic mass is 9.94. The monoisotopic (exact) mass is 500 g/mol. The van der Waals surface area contributed by atoms with Crippen LogP contribution in [-0.4, -0.2) is 66.7 Å². The van der Waals surface area contributed by atoms with Gasteiger partial charge in [-0.05, 0) is 74.5 Å². The van der Waals surface area contributed by atoms with E-state index in [0.29, 0.717) is 11.9 Å². The van der Waals surface area contributed by atoms with E-state index in [9.17, 15) is 4.79 Å². The zero-order chi connectivity index (χ0) is 25.2. The fourth-order valence-electron chi connectivity index (χ4n) is 6.13. The number of aromatic nitrogens is 2. The van der Waals surface area contributed by atoms with Crippen molar-refractivity contribution in [2.24, 2.45) is 0 Å². The molecule has 2 saturated heterocycles. The number of methoxy groups -OCH3 is 1. The number of ether oxygens (including phenoxy) is 1. The zero-order valence-electron chi connectivity index (χ0n) is 21.6. The number of carbonyl (C=O) groups is 1. The third kappa shape index (κ3) is 4.94. The number of anilines is 3. The highest BCUT2D eigenvalue weighted by atomic mass is 16.5. The summed E-state index contributed by atoms with van der Waals surface area (Å²) in [6, 6.07) is 12.5. The zero-order valence-corrected chi connectivity index (χ0v) is 21.6. The van der Waals surface area contributed by atoms with Gasteiger partial charge in [0.1, 0.15) is 5.75 Å². The van der Waals surface area contributed by atoms with E-state index in [1.54, 1.807) is 7.11 Å². The van der Waals surface area contributed by atoms with Gasteiger partial charge in [-0.1, -0.05) is 12.8 Å². The van der Waals surface area contributed by atoms with Crippen molar-refractivity contribution in [1.82, 2.24) is 20.2 Å². The summed E-state index contributed by atoms with van der Waals surface area (Å²) < 4.78 is 5.73. The van der Waals surface area contributed by atoms with Crippen LogP contribution < -0.4 is 20.3 Å². The average molecular weight is 501 g/mol. The molecule has 3 heterocycles. The quantitative estimate of drug-likeness (QED) is 0.518. The van der Waals surface area contributed by atoms with Crippen molar-refractivity contribution < 1.29 is 9.53 Å². The van der Waals surface area contributed by atoms with Crippen molar-refractivity contribution in [2.75, 3.05) is 50.1 Å². The minimum atomic E-state index is 0.0181. The molecule has 1 saturated carbocycles. The van der Waals surface area contributed by atoms with E-state index in [0.717, 1.165) is 67.9 Å². The Hall–Kier alpha value is -3.39. The van der Waals surface area contributed by atoms with Crippen molar-refractivity contribution in [3.05, 3.63) is 48.2 Å². The maximum absolute atomic E-state index is 12.7. The minimum Gasteiger partial charge on any atom is -0.496 e. The first-order valence-corrected chi connectivity index (χ1v) is 13.7. The number of piperazine rings is 1. The van der Waals surface area contributed by atoms with E-state index in [2.05, 4.69) is 44.8 Å². The van der Waals surface area contributed by atoms with Crippen LogP contribution in [0, 0.1) is 0 Å². The molecule has 8 nitrogen and oxygen atoms in total. The Balaban J connectivity index is 1.13. The summed E-state index contributed by atoms with van der Waals surface area (Å²) in [6.07, 6.45) is 8.85. The van der Waals surface area contributed by atoms with Crippen molar-refractivity contribution in [1.29, 1.82) is 0 Å². The van der Waals surface area contributed by atoms with Gasteiger partial charge in [0.2, 0.25) is 11.9 Å². The van der Waals surface area contributed by atoms with Crippen LogP contribution in [0.5, 0.6) is 5.75 Å². The normalized spacial score (nSPS) is 20.5. The molecule has 2 N–H and O–H groups in total. The predicted molar refractivity (Wildman–Crippen MR) is 147 cm³/mol. The first-order valence-electron chi connectivity index (χ1n) is 13.7. The second-order valence-electron chi connectivity index (χ2n) is 10.4. The predicted octanol–water partition coefficient (Wildman–Crippen LogP) is 4.44. The van der Waals surface area contributed by atoms with Gasteiger partial charge in [0, 0.05) is 54.7 Å². The molecular weight excluding hydrogens is 464 g/mol. The molecule has 194 valence electrons. The molecule has 1 aliphatic carbocycles. The molecule has 2 aliphatic heterocycles. The summed E-state index contributed by atoms with van der Waals surface area (Å²) in [5.41, 5.74) is 4.33. The highest BCUT2D eigenvalue weighted by Crippen LogP contribution is 2.42. The Bertz CT molecular complexity index is 1240. The smallest absolute Gasteiger partial charge is 0.239 e. The number of amides is 1. The first kappa shape index (κ1) is 24.0. The van der Waals surface area contributed by atoms with Crippen LogP contribution in [0.2, 0.25) is 0 Å². The van der Waals surface area contributed by atoms with Gasteiger partial charge >= 0.3 is 0 Å². The summed E-state index contributed by atoms with van der Waals surface area (Å²) in [4.78, 5) is 26.6. The van der Waals surface area contributed by atoms with Gasteiger partial charge in [-0.15, -0.1) is 0 Å². The van der Waals surface area contributed by atoms with Gasteiger partial charge < -0.3 is 25.2 Å². The summed E-state index contributed by atoms with van der Waals surface area (Å²) in [6.45, 7) is 4.20. The number of nitrogens with zero attached hydrogens (tertiary/aromatic N) is 4. The van der Waals surface area contributed by atoms with Gasteiger partial charge in [0.05, 0.1) is 18.7 Å². The molecule has 6 rings (SSSR count). The number of nitrogens with one attached hydrogen (secondary N) is 2. The van der Waals surface area contributed by atoms with Crippen LogP contribution in [0.3, 0.4) is 0 Å². The Morgan fingerprint density at radius 2 is 1.78 bits per heavy atom. The summed E-state index contributed by atoms with van der Waals surface area (Å²) in [7, 11) is 1.74. The molecule has 3 aromatic rings. The molecule has 1 aromatic heterocycles. The number of fused-ring (bicyclic) bond motifs is 1. The van der Waals surface area contributed by atoms with E-state index in [-0.39, 0.29) is 11.9 Å². The van der Waals surface area contributed by atoms with E-state index in [4.69, 9.17) is 9.72 Å². The van der Waals surface area contributed by atoms with Crippen LogP contribution in [-0.2, 0) is 4.79 Å². The van der Waals surface area contributed by atoms with Crippen LogP contribution in [0.15, 0.2) is 42.6 Å². The number of hydrogen-bond acceptors (Lipinski definition) is 7. The van der Waals surface area contributed by atoms with Gasteiger partial charge in [0.15, 0.2) is 0 Å². The van der Waals surface area contributed by atoms with Crippen molar-refractivity contribution in [3.63, 3.8) is 0 Å². The number of benzene rings is 2. The van der Waals surface area contributed by atoms with E-state index < -0.39 is 0 Å². The molecule has 1 atom stereocenters. The Labute approximate surface area is 218 Å². The molecule has 8 heteroatoms. The maximum atomic E-state index is 12.7. The van der Waals surface area contributed by atoms with E-state index in [1.807, 2.05) is 23.2 Å². The average Bonchev–Trinajstić information content (AvgIpc) is 3.68. The molecule has 3 fully saturated rings. The molecule has 2 aromatic carbocycles. The molecule has 0 bridgehead atoms. The topological polar surface area (TPSA) is 82.6 Å². The number of hydrogen-bond donors (Lipinski definition) is 2. The second-order valence-corrected chi connectivity index (χ2v) is 10.4. The molecule has 1 amide bonds. The Kier molecular flexibility index (Phi) is 6.83. The molecule has 37 heavy (non-hydrogen) atoms. The number of carbonyl (C=O) groups excluding carboxylic acids is 1. The second kappa shape index (κ2) is 10.5. The summed E-state index contributed by atoms with van der Waals surface area (Å²) in [5, 5.41) is 7.77. The molecule has 0 radical (unpaired) electrons. The third-order valence-corrected chi connectivity index (χ3v) is 8.17. The van der Waals surface area contributed by atoms with E-state index >= 15 is 0 Å². The minimum absolute atomic E-state index is 0.0181. The summed E-state index contributed by atoms with van der Waals surface area (Å²) >= 11 is 0. The first-order chi connectivity index (χ1) is 18.2. The van der Waals surface area contributed by atoms with E-state index in [1.165, 1.54) is 36.9 Å². The van der Waals surface area contributed by atoms with Gasteiger partial charge in [-0.2, -0.15) is 0 Å². The van der Waals surface area contributed by atoms with Crippen molar-refractivity contribution >= 4 is 34.1 Å². The lowest BCUT2D eigenvalue weighted by Gasteiger charge is -2.37. The van der Waals surface area contributed by atoms with Crippen molar-refractivity contribution in [3.8, 4) is 5.75 Å². The summed E-state index contributed by atoms with van der Waals surface area (Å²) in [5.74, 6) is 2.28.